The van der Waals surface area contributed by atoms with E-state index in [1.54, 1.807) is 12.1 Å². The van der Waals surface area contributed by atoms with Gasteiger partial charge in [0.05, 0.1) is 12.2 Å². The lowest BCUT2D eigenvalue weighted by atomic mass is 9.94. The molecular weight excluding hydrogens is 236 g/mol. The van der Waals surface area contributed by atoms with Crippen LogP contribution in [0.5, 0.6) is 0 Å². The van der Waals surface area contributed by atoms with E-state index in [-0.39, 0.29) is 18.2 Å². The van der Waals surface area contributed by atoms with Crippen LogP contribution in [0.1, 0.15) is 37.8 Å². The summed E-state index contributed by atoms with van der Waals surface area (Å²) in [6, 6.07) is 4.38. The molecule has 2 heterocycles. The molecule has 98 valence electrons. The van der Waals surface area contributed by atoms with Crippen LogP contribution in [0.25, 0.3) is 0 Å². The predicted molar refractivity (Wildman–Crippen MR) is 64.2 cm³/mol. The number of benzene rings is 1. The molecule has 2 saturated heterocycles. The second-order valence-electron chi connectivity index (χ2n) is 5.25. The normalized spacial score (nSPS) is 31.8. The van der Waals surface area contributed by atoms with Crippen molar-refractivity contribution in [2.45, 2.75) is 50.5 Å². The van der Waals surface area contributed by atoms with Gasteiger partial charge in [0.1, 0.15) is 0 Å². The zero-order valence-electron chi connectivity index (χ0n) is 10.3. The van der Waals surface area contributed by atoms with E-state index >= 15 is 0 Å². The monoisotopic (exact) mass is 253 g/mol. The van der Waals surface area contributed by atoms with Crippen LogP contribution in [-0.2, 0) is 4.74 Å². The molecule has 1 aromatic carbocycles. The first-order valence-electron chi connectivity index (χ1n) is 6.50. The van der Waals surface area contributed by atoms with Gasteiger partial charge in [-0.15, -0.1) is 0 Å². The standard InChI is InChI=1S/C14H17F2NO/c1-8(10-3-2-4-11(15)14(10)16)17-12-7-9-5-6-13(12)18-9/h2-4,8-9,12-13,17H,5-7H2,1H3. The molecular formula is C14H17F2NO. The van der Waals surface area contributed by atoms with Crippen molar-refractivity contribution in [3.63, 3.8) is 0 Å². The molecule has 0 radical (unpaired) electrons. The Morgan fingerprint density at radius 2 is 2.17 bits per heavy atom. The second-order valence-corrected chi connectivity index (χ2v) is 5.25. The molecule has 2 aliphatic rings. The quantitative estimate of drug-likeness (QED) is 0.894. The molecule has 2 fully saturated rings. The van der Waals surface area contributed by atoms with Gasteiger partial charge in [0.2, 0.25) is 0 Å². The van der Waals surface area contributed by atoms with Crippen LogP contribution in [0.2, 0.25) is 0 Å². The predicted octanol–water partition coefficient (Wildman–Crippen LogP) is 2.94. The third-order valence-electron chi connectivity index (χ3n) is 4.02. The Hall–Kier alpha value is -1.00. The maximum atomic E-state index is 13.7. The van der Waals surface area contributed by atoms with E-state index in [1.807, 2.05) is 6.92 Å². The van der Waals surface area contributed by atoms with Gasteiger partial charge in [0, 0.05) is 17.6 Å². The smallest absolute Gasteiger partial charge is 0.163 e. The molecule has 2 bridgehead atoms. The SMILES string of the molecule is CC(NC1CC2CCC1O2)c1cccc(F)c1F. The second kappa shape index (κ2) is 4.59. The van der Waals surface area contributed by atoms with Gasteiger partial charge < -0.3 is 10.1 Å². The van der Waals surface area contributed by atoms with Gasteiger partial charge >= 0.3 is 0 Å². The van der Waals surface area contributed by atoms with Crippen molar-refractivity contribution in [1.82, 2.24) is 5.32 Å². The van der Waals surface area contributed by atoms with Crippen molar-refractivity contribution in [1.29, 1.82) is 0 Å². The topological polar surface area (TPSA) is 21.3 Å². The van der Waals surface area contributed by atoms with Gasteiger partial charge in [-0.1, -0.05) is 12.1 Å². The molecule has 2 nitrogen and oxygen atoms in total. The van der Waals surface area contributed by atoms with Gasteiger partial charge in [-0.3, -0.25) is 0 Å². The molecule has 3 rings (SSSR count). The van der Waals surface area contributed by atoms with Crippen LogP contribution >= 0.6 is 0 Å². The maximum Gasteiger partial charge on any atom is 0.163 e. The first kappa shape index (κ1) is 12.1. The highest BCUT2D eigenvalue weighted by atomic mass is 19.2. The molecule has 4 atom stereocenters. The lowest BCUT2D eigenvalue weighted by molar-refractivity contribution is 0.0962. The minimum absolute atomic E-state index is 0.200. The van der Waals surface area contributed by atoms with Crippen molar-refractivity contribution in [2.24, 2.45) is 0 Å². The largest absolute Gasteiger partial charge is 0.373 e. The highest BCUT2D eigenvalue weighted by Gasteiger charge is 2.41. The van der Waals surface area contributed by atoms with E-state index in [0.29, 0.717) is 11.7 Å². The summed E-state index contributed by atoms with van der Waals surface area (Å²) in [5, 5.41) is 3.36. The van der Waals surface area contributed by atoms with Crippen molar-refractivity contribution in [3.05, 3.63) is 35.4 Å². The fourth-order valence-corrected chi connectivity index (χ4v) is 3.08. The minimum atomic E-state index is -0.787. The Morgan fingerprint density at radius 1 is 1.33 bits per heavy atom. The van der Waals surface area contributed by atoms with E-state index in [9.17, 15) is 8.78 Å². The summed E-state index contributed by atoms with van der Waals surface area (Å²) in [6.07, 6.45) is 3.78. The Kier molecular flexibility index (Phi) is 3.08. The number of ether oxygens (including phenoxy) is 1. The van der Waals surface area contributed by atoms with Crippen LogP contribution in [0, 0.1) is 11.6 Å². The molecule has 0 spiro atoms. The van der Waals surface area contributed by atoms with Crippen molar-refractivity contribution < 1.29 is 13.5 Å². The molecule has 4 unspecified atom stereocenters. The Bertz CT molecular complexity index is 451. The van der Waals surface area contributed by atoms with Crippen molar-refractivity contribution in [3.8, 4) is 0 Å². The molecule has 0 saturated carbocycles. The summed E-state index contributed by atoms with van der Waals surface area (Å²) in [4.78, 5) is 0. The molecule has 1 N–H and O–H groups in total. The Morgan fingerprint density at radius 3 is 2.83 bits per heavy atom. The average molecular weight is 253 g/mol. The molecule has 0 amide bonds. The summed E-state index contributed by atoms with van der Waals surface area (Å²) in [5.41, 5.74) is 0.387. The number of halogens is 2. The summed E-state index contributed by atoms with van der Waals surface area (Å²) in [7, 11) is 0. The lowest BCUT2D eigenvalue weighted by Gasteiger charge is -2.25. The molecule has 4 heteroatoms. The van der Waals surface area contributed by atoms with Crippen molar-refractivity contribution in [2.75, 3.05) is 0 Å². The van der Waals surface area contributed by atoms with Crippen LogP contribution in [0.15, 0.2) is 18.2 Å². The summed E-state index contributed by atoms with van der Waals surface area (Å²) in [6.45, 7) is 1.86. The Balaban J connectivity index is 1.71. The number of fused-ring (bicyclic) bond motifs is 2. The number of rotatable bonds is 3. The highest BCUT2D eigenvalue weighted by molar-refractivity contribution is 5.22. The first-order chi connectivity index (χ1) is 8.65. The molecule has 0 aromatic heterocycles. The summed E-state index contributed by atoms with van der Waals surface area (Å²) in [5.74, 6) is -1.54. The van der Waals surface area contributed by atoms with Crippen LogP contribution in [0.3, 0.4) is 0 Å². The molecule has 2 aliphatic heterocycles. The molecule has 1 aromatic rings. The zero-order chi connectivity index (χ0) is 12.7. The van der Waals surface area contributed by atoms with E-state index in [1.165, 1.54) is 0 Å². The van der Waals surface area contributed by atoms with Crippen molar-refractivity contribution >= 4 is 0 Å². The minimum Gasteiger partial charge on any atom is -0.373 e. The fourth-order valence-electron chi connectivity index (χ4n) is 3.08. The third kappa shape index (κ3) is 2.04. The average Bonchev–Trinajstić information content (AvgIpc) is 2.94. The van der Waals surface area contributed by atoms with Gasteiger partial charge in [0.15, 0.2) is 11.6 Å². The van der Waals surface area contributed by atoms with E-state index < -0.39 is 11.6 Å². The Labute approximate surface area is 105 Å². The van der Waals surface area contributed by atoms with Crippen LogP contribution in [-0.4, -0.2) is 18.2 Å². The van der Waals surface area contributed by atoms with Gasteiger partial charge in [-0.05, 0) is 32.3 Å². The van der Waals surface area contributed by atoms with Crippen LogP contribution < -0.4 is 5.32 Å². The first-order valence-corrected chi connectivity index (χ1v) is 6.50. The highest BCUT2D eigenvalue weighted by Crippen LogP contribution is 2.35. The molecule has 0 aliphatic carbocycles. The van der Waals surface area contributed by atoms with Gasteiger partial charge in [-0.25, -0.2) is 8.78 Å². The lowest BCUT2D eigenvalue weighted by Crippen LogP contribution is -2.39. The van der Waals surface area contributed by atoms with Crippen LogP contribution in [0.4, 0.5) is 8.78 Å². The van der Waals surface area contributed by atoms with E-state index in [0.717, 1.165) is 25.3 Å². The maximum absolute atomic E-state index is 13.7. The van der Waals surface area contributed by atoms with Gasteiger partial charge in [0.25, 0.3) is 0 Å². The zero-order valence-corrected chi connectivity index (χ0v) is 10.3. The number of hydrogen-bond acceptors (Lipinski definition) is 2. The number of hydrogen-bond donors (Lipinski definition) is 1. The van der Waals surface area contributed by atoms with E-state index in [4.69, 9.17) is 4.74 Å². The van der Waals surface area contributed by atoms with Gasteiger partial charge in [-0.2, -0.15) is 0 Å². The third-order valence-corrected chi connectivity index (χ3v) is 4.02. The van der Waals surface area contributed by atoms with E-state index in [2.05, 4.69) is 5.32 Å². The summed E-state index contributed by atoms with van der Waals surface area (Å²) < 4.78 is 32.6. The fraction of sp³-hybridized carbons (Fsp3) is 0.571. The molecule has 18 heavy (non-hydrogen) atoms. The summed E-state index contributed by atoms with van der Waals surface area (Å²) >= 11 is 0. The number of nitrogens with one attached hydrogen (secondary N) is 1.